The molecule has 0 N–H and O–H groups in total. The summed E-state index contributed by atoms with van der Waals surface area (Å²) in [6, 6.07) is -0.777. The van der Waals surface area contributed by atoms with Gasteiger partial charge in [0.25, 0.3) is 0 Å². The Hall–Kier alpha value is -0.743. The van der Waals surface area contributed by atoms with E-state index in [0.717, 1.165) is 0 Å². The second-order valence-electron chi connectivity index (χ2n) is 5.79. The second kappa shape index (κ2) is 8.64. The third-order valence-electron chi connectivity index (χ3n) is 3.00. The Morgan fingerprint density at radius 3 is 2.10 bits per heavy atom. The van der Waals surface area contributed by atoms with Crippen LogP contribution in [0.25, 0.3) is 0 Å². The van der Waals surface area contributed by atoms with Gasteiger partial charge in [-0.3, -0.25) is 4.90 Å². The van der Waals surface area contributed by atoms with E-state index in [0.29, 0.717) is 26.2 Å². The molecule has 0 saturated carbocycles. The van der Waals surface area contributed by atoms with Crippen molar-refractivity contribution in [1.82, 2.24) is 9.80 Å². The van der Waals surface area contributed by atoms with Gasteiger partial charge in [-0.15, -0.1) is 0 Å². The zero-order valence-corrected chi connectivity index (χ0v) is 13.5. The topological polar surface area (TPSA) is 82.1 Å². The van der Waals surface area contributed by atoms with Crippen LogP contribution in [0.5, 0.6) is 0 Å². The smallest absolute Gasteiger partial charge is 0.548 e. The molecule has 0 bridgehead atoms. The monoisotopic (exact) mass is 294 g/mol. The Bertz CT molecular complexity index is 351. The van der Waals surface area contributed by atoms with Crippen molar-refractivity contribution >= 4 is 12.1 Å². The molecule has 0 radical (unpaired) electrons. The average molecular weight is 294 g/mol. The molecule has 1 rings (SSSR count). The van der Waals surface area contributed by atoms with E-state index in [9.17, 15) is 14.7 Å². The van der Waals surface area contributed by atoms with Gasteiger partial charge in [-0.25, -0.2) is 4.79 Å². The zero-order chi connectivity index (χ0) is 15.3. The molecule has 1 amide bonds. The Labute approximate surface area is 137 Å². The minimum atomic E-state index is -1.16. The second-order valence-corrected chi connectivity index (χ2v) is 5.79. The van der Waals surface area contributed by atoms with Gasteiger partial charge in [-0.1, -0.05) is 0 Å². The number of ether oxygens (including phenoxy) is 2. The van der Waals surface area contributed by atoms with Gasteiger partial charge in [0.2, 0.25) is 0 Å². The van der Waals surface area contributed by atoms with Gasteiger partial charge in [-0.2, -0.15) is 0 Å². The molecule has 1 aliphatic heterocycles. The molecule has 1 fully saturated rings. The van der Waals surface area contributed by atoms with E-state index in [-0.39, 0.29) is 31.6 Å². The minimum Gasteiger partial charge on any atom is -0.548 e. The van der Waals surface area contributed by atoms with Crippen LogP contribution in [0, 0.1) is 0 Å². The summed E-state index contributed by atoms with van der Waals surface area (Å²) < 4.78 is 10.2. The number of carboxylic acid groups (broad SMARTS) is 1. The van der Waals surface area contributed by atoms with Crippen molar-refractivity contribution in [2.24, 2.45) is 0 Å². The number of carbonyl (C=O) groups is 2. The number of hydrogen-bond donors (Lipinski definition) is 0. The molecular formula is C13H23LiN2O5. The van der Waals surface area contributed by atoms with Crippen molar-refractivity contribution in [3.05, 3.63) is 0 Å². The van der Waals surface area contributed by atoms with Gasteiger partial charge in [0.05, 0.1) is 18.6 Å². The van der Waals surface area contributed by atoms with E-state index in [1.165, 1.54) is 7.11 Å². The summed E-state index contributed by atoms with van der Waals surface area (Å²) >= 11 is 0. The van der Waals surface area contributed by atoms with E-state index in [1.807, 2.05) is 20.8 Å². The van der Waals surface area contributed by atoms with Crippen LogP contribution in [0.15, 0.2) is 0 Å². The summed E-state index contributed by atoms with van der Waals surface area (Å²) in [5.41, 5.74) is -0.530. The van der Waals surface area contributed by atoms with Crippen LogP contribution in [0.3, 0.4) is 0 Å². The van der Waals surface area contributed by atoms with Crippen LogP contribution >= 0.6 is 0 Å². The summed E-state index contributed by atoms with van der Waals surface area (Å²) in [6.07, 6.45) is -0.367. The number of carbonyl (C=O) groups excluding carboxylic acids is 2. The molecule has 1 aliphatic rings. The number of rotatable bonds is 4. The quantitative estimate of drug-likeness (QED) is 0.497. The SMILES string of the molecule is COCC(C(=O)[O-])N1CCN(C(=O)OC(C)(C)C)CC1.[Li+]. The minimum absolute atomic E-state index is 0. The molecule has 0 spiro atoms. The number of nitrogens with zero attached hydrogens (tertiary/aromatic N) is 2. The van der Waals surface area contributed by atoms with Crippen molar-refractivity contribution in [2.45, 2.75) is 32.4 Å². The average Bonchev–Trinajstić information content (AvgIpc) is 2.33. The number of piperazine rings is 1. The number of hydrogen-bond acceptors (Lipinski definition) is 6. The van der Waals surface area contributed by atoms with Crippen molar-refractivity contribution < 1.29 is 43.0 Å². The van der Waals surface area contributed by atoms with Crippen LogP contribution in [0.4, 0.5) is 4.79 Å². The van der Waals surface area contributed by atoms with Crippen molar-refractivity contribution in [1.29, 1.82) is 0 Å². The molecule has 1 saturated heterocycles. The van der Waals surface area contributed by atoms with Crippen LogP contribution in [0.1, 0.15) is 20.8 Å². The van der Waals surface area contributed by atoms with Crippen LogP contribution < -0.4 is 24.0 Å². The van der Waals surface area contributed by atoms with Gasteiger partial charge in [0, 0.05) is 33.3 Å². The Morgan fingerprint density at radius 1 is 1.19 bits per heavy atom. The number of aliphatic carboxylic acids is 1. The molecule has 0 aromatic rings. The third kappa shape index (κ3) is 6.70. The molecule has 0 aromatic carbocycles. The van der Waals surface area contributed by atoms with Gasteiger partial charge >= 0.3 is 25.0 Å². The first kappa shape index (κ1) is 20.3. The first-order valence-electron chi connectivity index (χ1n) is 6.66. The molecule has 0 aromatic heterocycles. The van der Waals surface area contributed by atoms with Crippen molar-refractivity contribution in [3.63, 3.8) is 0 Å². The molecule has 1 heterocycles. The third-order valence-corrected chi connectivity index (χ3v) is 3.00. The maximum Gasteiger partial charge on any atom is 1.00 e. The van der Waals surface area contributed by atoms with Gasteiger partial charge < -0.3 is 24.3 Å². The largest absolute Gasteiger partial charge is 1.00 e. The first-order chi connectivity index (χ1) is 9.24. The van der Waals surface area contributed by atoms with Crippen LogP contribution in [-0.2, 0) is 14.3 Å². The summed E-state index contributed by atoms with van der Waals surface area (Å²) in [7, 11) is 1.45. The Kier molecular flexibility index (Phi) is 8.33. The number of methoxy groups -OCH3 is 1. The fourth-order valence-electron chi connectivity index (χ4n) is 2.02. The first-order valence-corrected chi connectivity index (χ1v) is 6.66. The Balaban J connectivity index is 0.00000400. The van der Waals surface area contributed by atoms with Crippen LogP contribution in [-0.4, -0.2) is 73.4 Å². The van der Waals surface area contributed by atoms with E-state index in [1.54, 1.807) is 9.80 Å². The summed E-state index contributed by atoms with van der Waals surface area (Å²) in [4.78, 5) is 26.3. The summed E-state index contributed by atoms with van der Waals surface area (Å²) in [5.74, 6) is -1.16. The molecule has 21 heavy (non-hydrogen) atoms. The Morgan fingerprint density at radius 2 is 1.71 bits per heavy atom. The predicted molar refractivity (Wildman–Crippen MR) is 70.1 cm³/mol. The number of carboxylic acids is 1. The van der Waals surface area contributed by atoms with Crippen molar-refractivity contribution in [3.8, 4) is 0 Å². The fourth-order valence-corrected chi connectivity index (χ4v) is 2.02. The summed E-state index contributed by atoms with van der Waals surface area (Å²) in [6.45, 7) is 7.30. The standard InChI is InChI=1S/C13H24N2O5.Li/c1-13(2,3)20-12(18)15-7-5-14(6-8-15)10(9-19-4)11(16)17;/h10H,5-9H2,1-4H3,(H,16,17);/q;+1/p-1. The van der Waals surface area contributed by atoms with E-state index in [2.05, 4.69) is 0 Å². The van der Waals surface area contributed by atoms with E-state index in [4.69, 9.17) is 9.47 Å². The van der Waals surface area contributed by atoms with Gasteiger partial charge in [0.1, 0.15) is 5.60 Å². The molecule has 116 valence electrons. The fraction of sp³-hybridized carbons (Fsp3) is 0.846. The van der Waals surface area contributed by atoms with Gasteiger partial charge in [-0.05, 0) is 20.8 Å². The molecule has 0 aliphatic carbocycles. The number of amides is 1. The summed E-state index contributed by atoms with van der Waals surface area (Å²) in [5, 5.41) is 11.1. The molecule has 7 nitrogen and oxygen atoms in total. The molecule has 8 heteroatoms. The van der Waals surface area contributed by atoms with Crippen LogP contribution in [0.2, 0.25) is 0 Å². The normalized spacial score (nSPS) is 17.8. The zero-order valence-electron chi connectivity index (χ0n) is 13.5. The van der Waals surface area contributed by atoms with Crippen molar-refractivity contribution in [2.75, 3.05) is 39.9 Å². The maximum atomic E-state index is 11.9. The maximum absolute atomic E-state index is 11.9. The molecule has 1 atom stereocenters. The molecule has 1 unspecified atom stereocenters. The van der Waals surface area contributed by atoms with Gasteiger partial charge in [0.15, 0.2) is 0 Å². The molecular weight excluding hydrogens is 271 g/mol. The predicted octanol–water partition coefficient (Wildman–Crippen LogP) is -3.69. The van der Waals surface area contributed by atoms with E-state index >= 15 is 0 Å². The van der Waals surface area contributed by atoms with E-state index < -0.39 is 17.6 Å².